The average molecular weight is 544 g/mol. The Balaban J connectivity index is 1.52. The van der Waals surface area contributed by atoms with Crippen molar-refractivity contribution in [1.82, 2.24) is 9.80 Å². The Kier molecular flexibility index (Phi) is 5.60. The number of fused-ring (bicyclic) bond motifs is 5. The topological polar surface area (TPSA) is 52.7 Å². The minimum Gasteiger partial charge on any atom is -0.324 e. The van der Waals surface area contributed by atoms with Crippen LogP contribution in [0.2, 0.25) is 0 Å². The highest BCUT2D eigenvalue weighted by Crippen LogP contribution is 2.68. The van der Waals surface area contributed by atoms with Gasteiger partial charge in [-0.2, -0.15) is 0 Å². The van der Waals surface area contributed by atoms with Crippen LogP contribution in [0, 0.1) is 17.0 Å². The van der Waals surface area contributed by atoms with Crippen LogP contribution in [0.3, 0.4) is 0 Å². The summed E-state index contributed by atoms with van der Waals surface area (Å²) in [5.74, 6) is 0.0674. The highest BCUT2D eigenvalue weighted by atomic mass is 32.2. The molecule has 0 unspecified atom stereocenters. The summed E-state index contributed by atoms with van der Waals surface area (Å²) in [6.07, 6.45) is 1.82. The number of hydrogen-bond acceptors (Lipinski definition) is 5. The number of piperidine rings is 1. The molecule has 2 spiro atoms. The first-order valence-corrected chi connectivity index (χ1v) is 14.2. The SMILES string of the molecule is CN1C/C(=C\c2ccc(F)cc2)C(=O)[C@]2(C1)[C@H](c1ccc(F)cc1)[C@@H]1CSCN1[C@@]21C(=O)Nc2ccccc21. The van der Waals surface area contributed by atoms with Gasteiger partial charge in [0.25, 0.3) is 5.91 Å². The summed E-state index contributed by atoms with van der Waals surface area (Å²) < 4.78 is 27.8. The maximum atomic E-state index is 15.1. The maximum absolute atomic E-state index is 15.1. The van der Waals surface area contributed by atoms with Crippen molar-refractivity contribution in [3.63, 3.8) is 0 Å². The Hall–Kier alpha value is -3.33. The van der Waals surface area contributed by atoms with Crippen molar-refractivity contribution in [2.24, 2.45) is 5.41 Å². The van der Waals surface area contributed by atoms with Gasteiger partial charge >= 0.3 is 0 Å². The van der Waals surface area contributed by atoms with Gasteiger partial charge in [0, 0.05) is 53.5 Å². The molecular formula is C31H27F2N3O2S. The molecule has 3 saturated heterocycles. The van der Waals surface area contributed by atoms with Gasteiger partial charge < -0.3 is 10.2 Å². The van der Waals surface area contributed by atoms with E-state index in [9.17, 15) is 13.6 Å². The fourth-order valence-electron chi connectivity index (χ4n) is 7.63. The van der Waals surface area contributed by atoms with E-state index in [1.165, 1.54) is 24.3 Å². The number of benzene rings is 3. The number of thioether (sulfide) groups is 1. The van der Waals surface area contributed by atoms with Crippen molar-refractivity contribution in [3.05, 3.63) is 107 Å². The van der Waals surface area contributed by atoms with Crippen LogP contribution in [0.15, 0.2) is 78.4 Å². The monoisotopic (exact) mass is 543 g/mol. The number of likely N-dealkylation sites (N-methyl/N-ethyl adjacent to an activating group) is 1. The van der Waals surface area contributed by atoms with Gasteiger partial charge in [-0.3, -0.25) is 14.5 Å². The summed E-state index contributed by atoms with van der Waals surface area (Å²) >= 11 is 1.76. The number of amides is 1. The first kappa shape index (κ1) is 24.7. The molecule has 0 bridgehead atoms. The molecular weight excluding hydrogens is 516 g/mol. The molecule has 3 aromatic carbocycles. The van der Waals surface area contributed by atoms with E-state index < -0.39 is 11.0 Å². The third kappa shape index (κ3) is 3.31. The molecule has 39 heavy (non-hydrogen) atoms. The zero-order valence-electron chi connectivity index (χ0n) is 21.4. The standard InChI is InChI=1S/C31H27F2N3O2S/c1-35-15-21(14-19-6-10-22(32)11-7-19)28(37)30(17-35)27(20-8-12-23(33)13-9-20)26-16-39-18-36(26)31(30)24-4-2-3-5-25(24)34-29(31)38/h2-14,26-27H,15-18H2,1H3,(H,34,38)/b21-14+/t26-,27+,30-,31-/m0/s1. The third-order valence-electron chi connectivity index (χ3n) is 8.90. The molecule has 1 amide bonds. The highest BCUT2D eigenvalue weighted by molar-refractivity contribution is 7.99. The van der Waals surface area contributed by atoms with Crippen molar-refractivity contribution in [2.75, 3.05) is 37.1 Å². The second kappa shape index (κ2) is 8.84. The van der Waals surface area contributed by atoms with Crippen LogP contribution in [0.1, 0.15) is 22.6 Å². The second-order valence-electron chi connectivity index (χ2n) is 11.0. The smallest absolute Gasteiger partial charge is 0.250 e. The number of anilines is 1. The lowest BCUT2D eigenvalue weighted by molar-refractivity contribution is -0.146. The van der Waals surface area contributed by atoms with Gasteiger partial charge in [0.2, 0.25) is 0 Å². The molecule has 4 heterocycles. The van der Waals surface area contributed by atoms with Crippen LogP contribution in [-0.4, -0.2) is 59.3 Å². The van der Waals surface area contributed by atoms with E-state index in [2.05, 4.69) is 15.1 Å². The Morgan fingerprint density at radius 3 is 2.41 bits per heavy atom. The van der Waals surface area contributed by atoms with Crippen LogP contribution < -0.4 is 5.32 Å². The molecule has 4 aliphatic heterocycles. The maximum Gasteiger partial charge on any atom is 0.250 e. The van der Waals surface area contributed by atoms with E-state index in [0.29, 0.717) is 24.5 Å². The normalized spacial score (nSPS) is 31.3. The molecule has 0 aromatic heterocycles. The number of halogens is 2. The highest BCUT2D eigenvalue weighted by Gasteiger charge is 2.78. The third-order valence-corrected chi connectivity index (χ3v) is 9.94. The van der Waals surface area contributed by atoms with E-state index in [1.807, 2.05) is 37.4 Å². The van der Waals surface area contributed by atoms with Crippen molar-refractivity contribution in [2.45, 2.75) is 17.5 Å². The van der Waals surface area contributed by atoms with E-state index in [-0.39, 0.29) is 35.3 Å². The fraction of sp³-hybridized carbons (Fsp3) is 0.290. The van der Waals surface area contributed by atoms with Gasteiger partial charge in [0.1, 0.15) is 17.2 Å². The lowest BCUT2D eigenvalue weighted by atomic mass is 9.55. The molecule has 4 aliphatic rings. The second-order valence-corrected chi connectivity index (χ2v) is 12.0. The predicted octanol–water partition coefficient (Wildman–Crippen LogP) is 4.87. The molecule has 0 saturated carbocycles. The zero-order valence-corrected chi connectivity index (χ0v) is 22.2. The van der Waals surface area contributed by atoms with E-state index in [1.54, 1.807) is 36.0 Å². The summed E-state index contributed by atoms with van der Waals surface area (Å²) in [7, 11) is 1.97. The molecule has 8 heteroatoms. The number of likely N-dealkylation sites (tertiary alicyclic amines) is 1. The molecule has 198 valence electrons. The zero-order chi connectivity index (χ0) is 26.9. The average Bonchev–Trinajstić information content (AvgIpc) is 3.57. The van der Waals surface area contributed by atoms with Crippen molar-refractivity contribution < 1.29 is 18.4 Å². The van der Waals surface area contributed by atoms with Gasteiger partial charge in [0.15, 0.2) is 5.78 Å². The van der Waals surface area contributed by atoms with Gasteiger partial charge in [-0.05, 0) is 54.6 Å². The summed E-state index contributed by atoms with van der Waals surface area (Å²) in [5.41, 5.74) is 1.29. The number of para-hydroxylation sites is 1. The van der Waals surface area contributed by atoms with Gasteiger partial charge in [-0.25, -0.2) is 8.78 Å². The van der Waals surface area contributed by atoms with Crippen LogP contribution in [0.4, 0.5) is 14.5 Å². The van der Waals surface area contributed by atoms with Crippen LogP contribution >= 0.6 is 11.8 Å². The Morgan fingerprint density at radius 2 is 1.67 bits per heavy atom. The molecule has 4 atom stereocenters. The number of carbonyl (C=O) groups is 2. The molecule has 3 aromatic rings. The van der Waals surface area contributed by atoms with E-state index in [0.717, 1.165) is 28.1 Å². The number of carbonyl (C=O) groups excluding carboxylic acids is 2. The minimum absolute atomic E-state index is 0.0782. The lowest BCUT2D eigenvalue weighted by Gasteiger charge is -2.51. The van der Waals surface area contributed by atoms with E-state index >= 15 is 4.79 Å². The lowest BCUT2D eigenvalue weighted by Crippen LogP contribution is -2.65. The number of ketones is 1. The van der Waals surface area contributed by atoms with Gasteiger partial charge in [-0.1, -0.05) is 42.5 Å². The molecule has 3 fully saturated rings. The number of rotatable bonds is 2. The van der Waals surface area contributed by atoms with E-state index in [4.69, 9.17) is 0 Å². The molecule has 1 N–H and O–H groups in total. The molecule has 5 nitrogen and oxygen atoms in total. The largest absolute Gasteiger partial charge is 0.324 e. The minimum atomic E-state index is -1.23. The summed E-state index contributed by atoms with van der Waals surface area (Å²) in [4.78, 5) is 33.9. The molecule has 0 aliphatic carbocycles. The van der Waals surface area contributed by atoms with Crippen LogP contribution in [0.25, 0.3) is 6.08 Å². The first-order chi connectivity index (χ1) is 18.9. The number of hydrogen-bond donors (Lipinski definition) is 1. The Morgan fingerprint density at radius 1 is 0.974 bits per heavy atom. The van der Waals surface area contributed by atoms with Gasteiger partial charge in [0.05, 0.1) is 5.41 Å². The quantitative estimate of drug-likeness (QED) is 0.468. The van der Waals surface area contributed by atoms with Crippen molar-refractivity contribution in [1.29, 1.82) is 0 Å². The predicted molar refractivity (Wildman–Crippen MR) is 148 cm³/mol. The number of Topliss-reactive ketones (excluding diaryl/α,β-unsaturated/α-hetero) is 1. The Labute approximate surface area is 229 Å². The van der Waals surface area contributed by atoms with Crippen LogP contribution in [0.5, 0.6) is 0 Å². The number of nitrogens with one attached hydrogen (secondary N) is 1. The van der Waals surface area contributed by atoms with Gasteiger partial charge in [-0.15, -0.1) is 11.8 Å². The summed E-state index contributed by atoms with van der Waals surface area (Å²) in [6.45, 7) is 0.779. The fourth-order valence-corrected chi connectivity index (χ4v) is 8.93. The Bertz CT molecular complexity index is 1530. The van der Waals surface area contributed by atoms with Crippen LogP contribution in [-0.2, 0) is 15.1 Å². The molecule has 7 rings (SSSR count). The first-order valence-electron chi connectivity index (χ1n) is 13.1. The van der Waals surface area contributed by atoms with Crippen molar-refractivity contribution in [3.8, 4) is 0 Å². The summed E-state index contributed by atoms with van der Waals surface area (Å²) in [6, 6.07) is 20.1. The summed E-state index contributed by atoms with van der Waals surface area (Å²) in [5, 5.41) is 3.12. The number of nitrogens with zero attached hydrogens (tertiary/aromatic N) is 2. The van der Waals surface area contributed by atoms with Crippen molar-refractivity contribution >= 4 is 35.2 Å². The molecule has 0 radical (unpaired) electrons.